The maximum atomic E-state index is 12.8. The Bertz CT molecular complexity index is 712. The van der Waals surface area contributed by atoms with Crippen molar-refractivity contribution in [3.63, 3.8) is 0 Å². The molecule has 23 heavy (non-hydrogen) atoms. The van der Waals surface area contributed by atoms with Gasteiger partial charge in [-0.2, -0.15) is 0 Å². The largest absolute Gasteiger partial charge is 0.309 e. The standard InChI is InChI=1S/C18H21N3OS/c1-12-10-13(2)20-18(19-12)23-11-17(22)21-14(3)8-9-15-6-4-5-7-16(15)21/h4-7,10,14H,8-9,11H2,1-3H3/t14-/m0/s1. The molecule has 1 aliphatic rings. The van der Waals surface area contributed by atoms with Gasteiger partial charge >= 0.3 is 0 Å². The first-order valence-electron chi connectivity index (χ1n) is 7.89. The molecule has 5 heteroatoms. The molecule has 1 atom stereocenters. The number of thioether (sulfide) groups is 1. The molecule has 0 fully saturated rings. The van der Waals surface area contributed by atoms with Crippen molar-refractivity contribution in [1.29, 1.82) is 0 Å². The molecular weight excluding hydrogens is 306 g/mol. The zero-order valence-corrected chi connectivity index (χ0v) is 14.6. The number of para-hydroxylation sites is 1. The SMILES string of the molecule is Cc1cc(C)nc(SCC(=O)N2c3ccccc3CC[C@@H]2C)n1. The number of nitrogens with zero attached hydrogens (tertiary/aromatic N) is 3. The molecular formula is C18H21N3OS. The second-order valence-electron chi connectivity index (χ2n) is 6.00. The molecule has 1 aromatic carbocycles. The molecule has 4 nitrogen and oxygen atoms in total. The normalized spacial score (nSPS) is 17.0. The van der Waals surface area contributed by atoms with Gasteiger partial charge in [0.15, 0.2) is 5.16 Å². The lowest BCUT2D eigenvalue weighted by Gasteiger charge is -2.35. The van der Waals surface area contributed by atoms with Crippen LogP contribution in [-0.2, 0) is 11.2 Å². The Morgan fingerprint density at radius 3 is 2.70 bits per heavy atom. The molecule has 0 bridgehead atoms. The van der Waals surface area contributed by atoms with Gasteiger partial charge in [-0.3, -0.25) is 4.79 Å². The maximum Gasteiger partial charge on any atom is 0.237 e. The van der Waals surface area contributed by atoms with E-state index in [0.717, 1.165) is 29.9 Å². The Morgan fingerprint density at radius 2 is 1.96 bits per heavy atom. The molecule has 0 radical (unpaired) electrons. The van der Waals surface area contributed by atoms with Crippen molar-refractivity contribution in [3.05, 3.63) is 47.3 Å². The summed E-state index contributed by atoms with van der Waals surface area (Å²) in [5.41, 5.74) is 4.18. The van der Waals surface area contributed by atoms with Crippen molar-refractivity contribution in [2.24, 2.45) is 0 Å². The van der Waals surface area contributed by atoms with E-state index in [1.807, 2.05) is 43.0 Å². The Morgan fingerprint density at radius 1 is 1.26 bits per heavy atom. The summed E-state index contributed by atoms with van der Waals surface area (Å²) in [7, 11) is 0. The van der Waals surface area contributed by atoms with Crippen LogP contribution in [0.4, 0.5) is 5.69 Å². The van der Waals surface area contributed by atoms with Crippen molar-refractivity contribution >= 4 is 23.4 Å². The first kappa shape index (κ1) is 16.0. The lowest BCUT2D eigenvalue weighted by Crippen LogP contribution is -2.43. The number of benzene rings is 1. The smallest absolute Gasteiger partial charge is 0.237 e. The van der Waals surface area contributed by atoms with E-state index < -0.39 is 0 Å². The Hall–Kier alpha value is -1.88. The summed E-state index contributed by atoms with van der Waals surface area (Å²) in [6.45, 7) is 6.01. The van der Waals surface area contributed by atoms with E-state index in [9.17, 15) is 4.79 Å². The van der Waals surface area contributed by atoms with Gasteiger partial charge in [0.25, 0.3) is 0 Å². The summed E-state index contributed by atoms with van der Waals surface area (Å²) in [6, 6.07) is 10.4. The van der Waals surface area contributed by atoms with Crippen LogP contribution in [-0.4, -0.2) is 27.7 Å². The number of amides is 1. The Labute approximate surface area is 141 Å². The van der Waals surface area contributed by atoms with Gasteiger partial charge in [0.1, 0.15) is 0 Å². The van der Waals surface area contributed by atoms with Crippen LogP contribution in [0.1, 0.15) is 30.3 Å². The Kier molecular flexibility index (Phi) is 4.66. The number of carbonyl (C=O) groups is 1. The predicted octanol–water partition coefficient (Wildman–Crippen LogP) is 3.55. The van der Waals surface area contributed by atoms with Crippen LogP contribution in [0.25, 0.3) is 0 Å². The number of hydrogen-bond acceptors (Lipinski definition) is 4. The van der Waals surface area contributed by atoms with Gasteiger partial charge < -0.3 is 4.90 Å². The van der Waals surface area contributed by atoms with Crippen LogP contribution in [0.3, 0.4) is 0 Å². The molecule has 0 N–H and O–H groups in total. The summed E-state index contributed by atoms with van der Waals surface area (Å²) < 4.78 is 0. The fourth-order valence-corrected chi connectivity index (χ4v) is 3.83. The van der Waals surface area contributed by atoms with Gasteiger partial charge in [0.2, 0.25) is 5.91 Å². The minimum Gasteiger partial charge on any atom is -0.309 e. The van der Waals surface area contributed by atoms with Crippen molar-refractivity contribution in [3.8, 4) is 0 Å². The molecule has 0 spiro atoms. The maximum absolute atomic E-state index is 12.8. The van der Waals surface area contributed by atoms with Crippen LogP contribution >= 0.6 is 11.8 Å². The van der Waals surface area contributed by atoms with Crippen LogP contribution in [0.2, 0.25) is 0 Å². The lowest BCUT2D eigenvalue weighted by molar-refractivity contribution is -0.116. The van der Waals surface area contributed by atoms with E-state index in [4.69, 9.17) is 0 Å². The van der Waals surface area contributed by atoms with E-state index in [2.05, 4.69) is 23.0 Å². The third kappa shape index (κ3) is 3.55. The fraction of sp³-hybridized carbons (Fsp3) is 0.389. The number of fused-ring (bicyclic) bond motifs is 1. The number of rotatable bonds is 3. The van der Waals surface area contributed by atoms with E-state index in [-0.39, 0.29) is 11.9 Å². The highest BCUT2D eigenvalue weighted by atomic mass is 32.2. The van der Waals surface area contributed by atoms with Crippen molar-refractivity contribution in [1.82, 2.24) is 9.97 Å². The van der Waals surface area contributed by atoms with Gasteiger partial charge in [-0.15, -0.1) is 0 Å². The van der Waals surface area contributed by atoms with E-state index in [0.29, 0.717) is 10.9 Å². The van der Waals surface area contributed by atoms with E-state index in [1.54, 1.807) is 0 Å². The van der Waals surface area contributed by atoms with Crippen LogP contribution in [0.15, 0.2) is 35.5 Å². The monoisotopic (exact) mass is 327 g/mol. The van der Waals surface area contributed by atoms with E-state index >= 15 is 0 Å². The highest BCUT2D eigenvalue weighted by Crippen LogP contribution is 2.31. The average Bonchev–Trinajstić information content (AvgIpc) is 2.51. The average molecular weight is 327 g/mol. The molecule has 0 unspecified atom stereocenters. The second kappa shape index (κ2) is 6.71. The number of hydrogen-bond donors (Lipinski definition) is 0. The second-order valence-corrected chi connectivity index (χ2v) is 6.94. The summed E-state index contributed by atoms with van der Waals surface area (Å²) >= 11 is 1.41. The minimum atomic E-state index is 0.123. The van der Waals surface area contributed by atoms with Gasteiger partial charge in [0.05, 0.1) is 5.75 Å². The van der Waals surface area contributed by atoms with Crippen molar-refractivity contribution < 1.29 is 4.79 Å². The molecule has 3 rings (SSSR count). The van der Waals surface area contributed by atoms with Gasteiger partial charge in [-0.05, 0) is 51.3 Å². The highest BCUT2D eigenvalue weighted by molar-refractivity contribution is 7.99. The number of anilines is 1. The Balaban J connectivity index is 1.75. The molecule has 2 aromatic rings. The van der Waals surface area contributed by atoms with Crippen molar-refractivity contribution in [2.45, 2.75) is 44.8 Å². The third-order valence-corrected chi connectivity index (χ3v) is 4.91. The first-order chi connectivity index (χ1) is 11.0. The summed E-state index contributed by atoms with van der Waals surface area (Å²) in [5.74, 6) is 0.485. The zero-order chi connectivity index (χ0) is 16.4. The van der Waals surface area contributed by atoms with E-state index in [1.165, 1.54) is 17.3 Å². The number of aromatic nitrogens is 2. The summed E-state index contributed by atoms with van der Waals surface area (Å²) in [6.07, 6.45) is 2.04. The van der Waals surface area contributed by atoms with Crippen LogP contribution in [0, 0.1) is 13.8 Å². The third-order valence-electron chi connectivity index (χ3n) is 4.08. The number of aryl methyl sites for hydroxylation is 3. The van der Waals surface area contributed by atoms with Gasteiger partial charge in [-0.25, -0.2) is 9.97 Å². The topological polar surface area (TPSA) is 46.1 Å². The summed E-state index contributed by atoms with van der Waals surface area (Å²) in [5, 5.41) is 0.675. The molecule has 1 amide bonds. The molecule has 1 aliphatic heterocycles. The van der Waals surface area contributed by atoms with Gasteiger partial charge in [0, 0.05) is 23.1 Å². The minimum absolute atomic E-state index is 0.123. The fourth-order valence-electron chi connectivity index (χ4n) is 3.02. The highest BCUT2D eigenvalue weighted by Gasteiger charge is 2.27. The van der Waals surface area contributed by atoms with Crippen LogP contribution < -0.4 is 4.90 Å². The molecule has 120 valence electrons. The molecule has 1 aromatic heterocycles. The molecule has 0 aliphatic carbocycles. The molecule has 0 saturated heterocycles. The van der Waals surface area contributed by atoms with Crippen molar-refractivity contribution in [2.75, 3.05) is 10.7 Å². The number of carbonyl (C=O) groups excluding carboxylic acids is 1. The molecule has 0 saturated carbocycles. The van der Waals surface area contributed by atoms with Crippen LogP contribution in [0.5, 0.6) is 0 Å². The zero-order valence-electron chi connectivity index (χ0n) is 13.7. The lowest BCUT2D eigenvalue weighted by atomic mass is 9.97. The van der Waals surface area contributed by atoms with Gasteiger partial charge in [-0.1, -0.05) is 30.0 Å². The first-order valence-corrected chi connectivity index (χ1v) is 8.88. The molecule has 2 heterocycles. The predicted molar refractivity (Wildman–Crippen MR) is 93.9 cm³/mol. The summed E-state index contributed by atoms with van der Waals surface area (Å²) in [4.78, 5) is 23.5. The quantitative estimate of drug-likeness (QED) is 0.639.